The maximum Gasteiger partial charge on any atom is 0.490 e. The van der Waals surface area contributed by atoms with Gasteiger partial charge in [-0.3, -0.25) is 0 Å². The largest absolute Gasteiger partial charge is 0.495 e. The van der Waals surface area contributed by atoms with Crippen LogP contribution in [0.25, 0.3) is 11.0 Å². The summed E-state index contributed by atoms with van der Waals surface area (Å²) in [5.74, 6) is -1.55. The number of carbonyl (C=O) groups is 2. The van der Waals surface area contributed by atoms with Gasteiger partial charge in [0.1, 0.15) is 5.75 Å². The highest BCUT2D eigenvalue weighted by Crippen LogP contribution is 2.33. The molecule has 3 N–H and O–H groups in total. The Morgan fingerprint density at radius 1 is 1.18 bits per heavy atom. The molecule has 0 spiro atoms. The highest BCUT2D eigenvalue weighted by molar-refractivity contribution is 5.76. The predicted molar refractivity (Wildman–Crippen MR) is 133 cm³/mol. The number of ether oxygens (including phenoxy) is 1. The second kappa shape index (κ2) is 11.3. The van der Waals surface area contributed by atoms with Crippen LogP contribution in [0, 0.1) is 0 Å². The topological polar surface area (TPSA) is 146 Å². The van der Waals surface area contributed by atoms with Gasteiger partial charge in [-0.15, -0.1) is 0 Å². The number of fused-ring (bicyclic) bond motifs is 2. The summed E-state index contributed by atoms with van der Waals surface area (Å²) in [7, 11) is 3.78. The molecule has 2 aliphatic rings. The number of hydrogen-bond acceptors (Lipinski definition) is 8. The van der Waals surface area contributed by atoms with Crippen LogP contribution in [0.15, 0.2) is 24.5 Å². The summed E-state index contributed by atoms with van der Waals surface area (Å²) >= 11 is 0. The third-order valence-corrected chi connectivity index (χ3v) is 6.60. The SMILES string of the molecule is COc1cc2c(cc1Nc1ncc3cnn(C[C@@H]4CCCN4C(=O)O)c3n1)CN(C)CC2.O=C(O)C(F)(F)F. The van der Waals surface area contributed by atoms with E-state index in [-0.39, 0.29) is 6.04 Å². The molecule has 2 aliphatic heterocycles. The van der Waals surface area contributed by atoms with E-state index < -0.39 is 18.2 Å². The number of alkyl halides is 3. The number of hydrogen-bond donors (Lipinski definition) is 3. The number of anilines is 2. The summed E-state index contributed by atoms with van der Waals surface area (Å²) < 4.78 is 39.1. The van der Waals surface area contributed by atoms with Crippen molar-refractivity contribution in [2.75, 3.05) is 32.6 Å². The van der Waals surface area contributed by atoms with Crippen LogP contribution in [0.1, 0.15) is 24.0 Å². The van der Waals surface area contributed by atoms with Gasteiger partial charge < -0.3 is 30.1 Å². The molecule has 210 valence electrons. The molecule has 12 nitrogen and oxygen atoms in total. The monoisotopic (exact) mass is 551 g/mol. The lowest BCUT2D eigenvalue weighted by Crippen LogP contribution is -2.37. The zero-order chi connectivity index (χ0) is 28.3. The van der Waals surface area contributed by atoms with Crippen LogP contribution in [0.3, 0.4) is 0 Å². The first kappa shape index (κ1) is 27.9. The molecule has 1 aromatic carbocycles. The van der Waals surface area contributed by atoms with E-state index in [9.17, 15) is 23.1 Å². The minimum Gasteiger partial charge on any atom is -0.495 e. The molecule has 0 radical (unpaired) electrons. The van der Waals surface area contributed by atoms with Crippen molar-refractivity contribution in [2.24, 2.45) is 0 Å². The van der Waals surface area contributed by atoms with Crippen molar-refractivity contribution in [1.82, 2.24) is 29.5 Å². The summed E-state index contributed by atoms with van der Waals surface area (Å²) in [6.45, 7) is 2.96. The minimum absolute atomic E-state index is 0.0975. The Hall–Kier alpha value is -4.14. The second-order valence-electron chi connectivity index (χ2n) is 9.31. The molecule has 1 atom stereocenters. The third-order valence-electron chi connectivity index (χ3n) is 6.60. The fraction of sp³-hybridized carbons (Fsp3) is 0.458. The maximum atomic E-state index is 11.5. The minimum atomic E-state index is -5.08. The normalized spacial score (nSPS) is 17.4. The van der Waals surface area contributed by atoms with Gasteiger partial charge in [0.2, 0.25) is 5.95 Å². The molecule has 0 saturated carbocycles. The number of nitrogens with zero attached hydrogens (tertiary/aromatic N) is 6. The number of benzene rings is 1. The van der Waals surface area contributed by atoms with E-state index in [0.717, 1.165) is 49.2 Å². The fourth-order valence-corrected chi connectivity index (χ4v) is 4.65. The number of carboxylic acid groups (broad SMARTS) is 2. The van der Waals surface area contributed by atoms with Crippen molar-refractivity contribution < 1.29 is 37.7 Å². The zero-order valence-electron chi connectivity index (χ0n) is 21.3. The van der Waals surface area contributed by atoms with E-state index in [0.29, 0.717) is 24.7 Å². The van der Waals surface area contributed by atoms with Crippen LogP contribution in [0.5, 0.6) is 5.75 Å². The lowest BCUT2D eigenvalue weighted by molar-refractivity contribution is -0.192. The van der Waals surface area contributed by atoms with Crippen molar-refractivity contribution >= 4 is 34.7 Å². The molecule has 15 heteroatoms. The second-order valence-corrected chi connectivity index (χ2v) is 9.31. The highest BCUT2D eigenvalue weighted by atomic mass is 19.4. The zero-order valence-corrected chi connectivity index (χ0v) is 21.3. The molecule has 0 aliphatic carbocycles. The maximum absolute atomic E-state index is 11.5. The first-order chi connectivity index (χ1) is 18.5. The summed E-state index contributed by atoms with van der Waals surface area (Å²) in [6, 6.07) is 4.10. The molecule has 1 fully saturated rings. The molecule has 4 heterocycles. The Balaban J connectivity index is 0.000000448. The van der Waals surface area contributed by atoms with E-state index in [1.54, 1.807) is 24.2 Å². The van der Waals surface area contributed by atoms with Crippen LogP contribution in [0.2, 0.25) is 0 Å². The highest BCUT2D eigenvalue weighted by Gasteiger charge is 2.38. The molecule has 5 rings (SSSR count). The van der Waals surface area contributed by atoms with Crippen molar-refractivity contribution in [3.63, 3.8) is 0 Å². The summed E-state index contributed by atoms with van der Waals surface area (Å²) in [4.78, 5) is 33.3. The molecule has 1 amide bonds. The summed E-state index contributed by atoms with van der Waals surface area (Å²) in [5.41, 5.74) is 4.07. The average molecular weight is 552 g/mol. The first-order valence-corrected chi connectivity index (χ1v) is 12.1. The van der Waals surface area contributed by atoms with Gasteiger partial charge in [-0.1, -0.05) is 0 Å². The Bertz CT molecular complexity index is 1360. The number of likely N-dealkylation sites (tertiary alicyclic amines) is 1. The van der Waals surface area contributed by atoms with Crippen molar-refractivity contribution in [3.8, 4) is 5.75 Å². The van der Waals surface area contributed by atoms with Crippen LogP contribution in [-0.2, 0) is 24.3 Å². The number of amides is 1. The predicted octanol–water partition coefficient (Wildman–Crippen LogP) is 3.34. The molecular formula is C24H28F3N7O5. The number of aromatic nitrogens is 4. The fourth-order valence-electron chi connectivity index (χ4n) is 4.65. The summed E-state index contributed by atoms with van der Waals surface area (Å²) in [6.07, 6.45) is 0.172. The van der Waals surface area contributed by atoms with E-state index in [1.807, 2.05) is 0 Å². The van der Waals surface area contributed by atoms with E-state index in [1.165, 1.54) is 16.0 Å². The van der Waals surface area contributed by atoms with Crippen LogP contribution in [-0.4, -0.2) is 91.3 Å². The lowest BCUT2D eigenvalue weighted by atomic mass is 9.99. The van der Waals surface area contributed by atoms with E-state index >= 15 is 0 Å². The first-order valence-electron chi connectivity index (χ1n) is 12.1. The third kappa shape index (κ3) is 6.47. The average Bonchev–Trinajstić information content (AvgIpc) is 3.51. The van der Waals surface area contributed by atoms with Gasteiger partial charge in [0, 0.05) is 25.8 Å². The molecule has 0 bridgehead atoms. The van der Waals surface area contributed by atoms with Crippen LogP contribution >= 0.6 is 0 Å². The van der Waals surface area contributed by atoms with Crippen LogP contribution in [0.4, 0.5) is 29.6 Å². The quantitative estimate of drug-likeness (QED) is 0.432. The van der Waals surface area contributed by atoms with Crippen molar-refractivity contribution in [2.45, 2.75) is 44.6 Å². The number of likely N-dealkylation sites (N-methyl/N-ethyl adjacent to an activating group) is 1. The van der Waals surface area contributed by atoms with Crippen molar-refractivity contribution in [3.05, 3.63) is 35.7 Å². The number of halogens is 3. The molecule has 39 heavy (non-hydrogen) atoms. The number of nitrogens with one attached hydrogen (secondary N) is 1. The summed E-state index contributed by atoms with van der Waals surface area (Å²) in [5, 5.41) is 25.1. The number of aliphatic carboxylic acids is 1. The van der Waals surface area contributed by atoms with Gasteiger partial charge in [-0.2, -0.15) is 23.3 Å². The van der Waals surface area contributed by atoms with Crippen molar-refractivity contribution in [1.29, 1.82) is 0 Å². The molecular weight excluding hydrogens is 523 g/mol. The smallest absolute Gasteiger partial charge is 0.490 e. The van der Waals surface area contributed by atoms with Gasteiger partial charge in [0.15, 0.2) is 5.65 Å². The van der Waals surface area contributed by atoms with Gasteiger partial charge in [-0.05, 0) is 49.6 Å². The van der Waals surface area contributed by atoms with Crippen LogP contribution < -0.4 is 10.1 Å². The Labute approximate surface area is 221 Å². The molecule has 2 aromatic heterocycles. The van der Waals surface area contributed by atoms with Gasteiger partial charge in [0.25, 0.3) is 0 Å². The van der Waals surface area contributed by atoms with E-state index in [4.69, 9.17) is 19.6 Å². The van der Waals surface area contributed by atoms with E-state index in [2.05, 4.69) is 39.5 Å². The number of rotatable bonds is 5. The number of methoxy groups -OCH3 is 1. The molecule has 0 unspecified atom stereocenters. The van der Waals surface area contributed by atoms with Gasteiger partial charge >= 0.3 is 18.2 Å². The molecule has 3 aromatic rings. The Morgan fingerprint density at radius 2 is 1.92 bits per heavy atom. The standard InChI is InChI=1S/C22H27N7O3.C2HF3O2/c1-27-7-5-14-9-19(32-2)18(8-15(14)12-27)25-21-23-10-16-11-24-29(20(16)26-21)13-17-4-3-6-28(17)22(30)31;3-2(4,5)1(6)7/h8-11,17H,3-7,12-13H2,1-2H3,(H,30,31)(H,23,25,26);(H,6,7)/t17-;/m0./s1. The Morgan fingerprint density at radius 3 is 2.59 bits per heavy atom. The Kier molecular flexibility index (Phi) is 8.09. The number of carboxylic acids is 1. The van der Waals surface area contributed by atoms with Gasteiger partial charge in [-0.25, -0.2) is 19.3 Å². The lowest BCUT2D eigenvalue weighted by Gasteiger charge is -2.26. The van der Waals surface area contributed by atoms with Gasteiger partial charge in [0.05, 0.1) is 37.0 Å². The molecule has 1 saturated heterocycles.